The Morgan fingerprint density at radius 2 is 2.00 bits per heavy atom. The molecule has 0 atom stereocenters. The second-order valence-electron chi connectivity index (χ2n) is 6.36. The van der Waals surface area contributed by atoms with Gasteiger partial charge in [0.2, 0.25) is 5.91 Å². The van der Waals surface area contributed by atoms with Gasteiger partial charge in [-0.15, -0.1) is 0 Å². The smallest absolute Gasteiger partial charge is 0.262 e. The first kappa shape index (κ1) is 18.1. The normalized spacial score (nSPS) is 11.1. The summed E-state index contributed by atoms with van der Waals surface area (Å²) in [5, 5.41) is 8.10. The molecule has 0 radical (unpaired) electrons. The Kier molecular flexibility index (Phi) is 4.52. The van der Waals surface area contributed by atoms with Crippen LogP contribution in [0.1, 0.15) is 5.69 Å². The van der Waals surface area contributed by atoms with Crippen LogP contribution >= 0.6 is 11.6 Å². The molecule has 0 spiro atoms. The lowest BCUT2D eigenvalue weighted by molar-refractivity contribution is -0.116. The number of para-hydroxylation sites is 1. The van der Waals surface area contributed by atoms with Crippen LogP contribution in [0.2, 0.25) is 5.02 Å². The number of rotatable bonds is 4. The molecule has 0 fully saturated rings. The van der Waals surface area contributed by atoms with Gasteiger partial charge in [-0.05, 0) is 37.3 Å². The predicted octanol–water partition coefficient (Wildman–Crippen LogP) is 3.26. The van der Waals surface area contributed by atoms with Crippen molar-refractivity contribution in [1.29, 1.82) is 0 Å². The van der Waals surface area contributed by atoms with E-state index in [4.69, 9.17) is 16.3 Å². The van der Waals surface area contributed by atoms with Crippen molar-refractivity contribution < 1.29 is 9.53 Å². The number of nitrogens with one attached hydrogen (secondary N) is 1. The molecule has 1 amide bonds. The molecule has 2 heterocycles. The highest BCUT2D eigenvalue weighted by atomic mass is 35.5. The van der Waals surface area contributed by atoms with Gasteiger partial charge in [0.1, 0.15) is 17.9 Å². The van der Waals surface area contributed by atoms with Gasteiger partial charge in [0.05, 0.1) is 28.7 Å². The summed E-state index contributed by atoms with van der Waals surface area (Å²) in [5.41, 5.74) is 2.29. The Morgan fingerprint density at radius 3 is 2.75 bits per heavy atom. The number of carbonyl (C=O) groups excluding carboxylic acids is 1. The van der Waals surface area contributed by atoms with Crippen molar-refractivity contribution >= 4 is 39.7 Å². The molecule has 2 aromatic heterocycles. The number of aryl methyl sites for hydroxylation is 1. The van der Waals surface area contributed by atoms with Gasteiger partial charge in [-0.3, -0.25) is 14.2 Å². The number of halogens is 1. The fourth-order valence-electron chi connectivity index (χ4n) is 3.19. The Balaban J connectivity index is 1.72. The maximum atomic E-state index is 13.0. The Labute approximate surface area is 165 Å². The van der Waals surface area contributed by atoms with Gasteiger partial charge in [-0.1, -0.05) is 23.7 Å². The molecule has 0 aliphatic rings. The molecule has 0 unspecified atom stereocenters. The van der Waals surface area contributed by atoms with E-state index >= 15 is 0 Å². The zero-order chi connectivity index (χ0) is 19.8. The molecule has 1 N–H and O–H groups in total. The standard InChI is InChI=1S/C20H17ClN4O3/c1-12-9-19-24(20(27)14-5-3-4-6-16(14)25(19)23-12)11-18(26)22-13-7-8-17(28-2)15(21)10-13/h3-10H,11H2,1-2H3,(H,22,26). The largest absolute Gasteiger partial charge is 0.495 e. The van der Waals surface area contributed by atoms with Gasteiger partial charge in [0.25, 0.3) is 5.56 Å². The maximum Gasteiger partial charge on any atom is 0.262 e. The monoisotopic (exact) mass is 396 g/mol. The van der Waals surface area contributed by atoms with Crippen molar-refractivity contribution in [2.75, 3.05) is 12.4 Å². The van der Waals surface area contributed by atoms with Gasteiger partial charge in [-0.2, -0.15) is 5.10 Å². The first-order valence-electron chi connectivity index (χ1n) is 8.59. The summed E-state index contributed by atoms with van der Waals surface area (Å²) in [4.78, 5) is 25.6. The summed E-state index contributed by atoms with van der Waals surface area (Å²) in [6.45, 7) is 1.69. The van der Waals surface area contributed by atoms with E-state index in [9.17, 15) is 9.59 Å². The van der Waals surface area contributed by atoms with Gasteiger partial charge in [-0.25, -0.2) is 4.52 Å². The molecule has 7 nitrogen and oxygen atoms in total. The molecule has 0 bridgehead atoms. The number of anilines is 1. The van der Waals surface area contributed by atoms with Crippen molar-refractivity contribution in [1.82, 2.24) is 14.2 Å². The highest BCUT2D eigenvalue weighted by molar-refractivity contribution is 6.32. The first-order valence-corrected chi connectivity index (χ1v) is 8.97. The van der Waals surface area contributed by atoms with Crippen LogP contribution in [0.15, 0.2) is 53.3 Å². The van der Waals surface area contributed by atoms with Crippen molar-refractivity contribution in [2.24, 2.45) is 0 Å². The second-order valence-corrected chi connectivity index (χ2v) is 6.77. The summed E-state index contributed by atoms with van der Waals surface area (Å²) in [6.07, 6.45) is 0. The Morgan fingerprint density at radius 1 is 1.21 bits per heavy atom. The molecule has 0 aliphatic carbocycles. The number of aromatic nitrogens is 3. The average molecular weight is 397 g/mol. The van der Waals surface area contributed by atoms with Crippen LogP contribution in [-0.2, 0) is 11.3 Å². The third kappa shape index (κ3) is 3.10. The molecule has 4 aromatic rings. The molecule has 8 heteroatoms. The van der Waals surface area contributed by atoms with Crippen LogP contribution in [-0.4, -0.2) is 27.2 Å². The van der Waals surface area contributed by atoms with E-state index in [1.165, 1.54) is 11.7 Å². The van der Waals surface area contributed by atoms with Crippen LogP contribution in [0.5, 0.6) is 5.75 Å². The quantitative estimate of drug-likeness (QED) is 0.574. The van der Waals surface area contributed by atoms with Crippen LogP contribution in [0, 0.1) is 6.92 Å². The maximum absolute atomic E-state index is 13.0. The molecule has 4 rings (SSSR count). The lowest BCUT2D eigenvalue weighted by atomic mass is 10.2. The molecule has 0 aliphatic heterocycles. The van der Waals surface area contributed by atoms with E-state index in [1.807, 2.05) is 19.1 Å². The lowest BCUT2D eigenvalue weighted by Gasteiger charge is -2.12. The molecule has 142 valence electrons. The highest BCUT2D eigenvalue weighted by Gasteiger charge is 2.15. The Bertz CT molecular complexity index is 1280. The fraction of sp³-hybridized carbons (Fsp3) is 0.150. The van der Waals surface area contributed by atoms with Crippen molar-refractivity contribution in [3.63, 3.8) is 0 Å². The van der Waals surface area contributed by atoms with Crippen molar-refractivity contribution in [3.8, 4) is 5.75 Å². The van der Waals surface area contributed by atoms with Gasteiger partial charge in [0.15, 0.2) is 0 Å². The average Bonchev–Trinajstić information content (AvgIpc) is 3.07. The zero-order valence-electron chi connectivity index (χ0n) is 15.3. The third-order valence-corrected chi connectivity index (χ3v) is 4.73. The minimum absolute atomic E-state index is 0.151. The van der Waals surface area contributed by atoms with Gasteiger partial charge in [0, 0.05) is 11.8 Å². The number of benzene rings is 2. The molecular formula is C20H17ClN4O3. The minimum Gasteiger partial charge on any atom is -0.495 e. The number of carbonyl (C=O) groups is 1. The van der Waals surface area contributed by atoms with Crippen molar-refractivity contribution in [3.05, 3.63) is 69.6 Å². The highest BCUT2D eigenvalue weighted by Crippen LogP contribution is 2.27. The molecule has 28 heavy (non-hydrogen) atoms. The summed E-state index contributed by atoms with van der Waals surface area (Å²) in [5.74, 6) is 0.168. The van der Waals surface area contributed by atoms with E-state index in [2.05, 4.69) is 10.4 Å². The summed E-state index contributed by atoms with van der Waals surface area (Å²) in [7, 11) is 1.52. The van der Waals surface area contributed by atoms with Crippen LogP contribution in [0.4, 0.5) is 5.69 Å². The number of hydrogen-bond acceptors (Lipinski definition) is 4. The zero-order valence-corrected chi connectivity index (χ0v) is 16.0. The van der Waals surface area contributed by atoms with Crippen LogP contribution < -0.4 is 15.6 Å². The number of amides is 1. The van der Waals surface area contributed by atoms with Gasteiger partial charge < -0.3 is 10.1 Å². The number of methoxy groups -OCH3 is 1. The first-order chi connectivity index (χ1) is 13.5. The van der Waals surface area contributed by atoms with Crippen molar-refractivity contribution in [2.45, 2.75) is 13.5 Å². The summed E-state index contributed by atoms with van der Waals surface area (Å²) >= 11 is 6.10. The Hall–Kier alpha value is -3.32. The molecule has 0 saturated carbocycles. The van der Waals surface area contributed by atoms with E-state index in [-0.39, 0.29) is 18.0 Å². The topological polar surface area (TPSA) is 77.6 Å². The van der Waals surface area contributed by atoms with Crippen LogP contribution in [0.3, 0.4) is 0 Å². The summed E-state index contributed by atoms with van der Waals surface area (Å²) < 4.78 is 8.21. The molecule has 0 saturated heterocycles. The van der Waals surface area contributed by atoms with E-state index in [0.717, 1.165) is 5.69 Å². The lowest BCUT2D eigenvalue weighted by Crippen LogP contribution is -2.29. The van der Waals surface area contributed by atoms with Crippen LogP contribution in [0.25, 0.3) is 16.6 Å². The number of nitrogens with zero attached hydrogens (tertiary/aromatic N) is 3. The second kappa shape index (κ2) is 7.01. The number of hydrogen-bond donors (Lipinski definition) is 1. The van der Waals surface area contributed by atoms with E-state index < -0.39 is 0 Å². The number of fused-ring (bicyclic) bond motifs is 3. The third-order valence-electron chi connectivity index (χ3n) is 4.43. The number of ether oxygens (including phenoxy) is 1. The predicted molar refractivity (Wildman–Crippen MR) is 108 cm³/mol. The summed E-state index contributed by atoms with van der Waals surface area (Å²) in [6, 6.07) is 13.9. The minimum atomic E-state index is -0.348. The van der Waals surface area contributed by atoms with E-state index in [1.54, 1.807) is 40.9 Å². The van der Waals surface area contributed by atoms with Gasteiger partial charge >= 0.3 is 0 Å². The SMILES string of the molecule is COc1ccc(NC(=O)Cn2c(=O)c3ccccc3n3nc(C)cc23)cc1Cl. The molecular weight excluding hydrogens is 380 g/mol. The van der Waals surface area contributed by atoms with E-state index in [0.29, 0.717) is 33.0 Å². The molecule has 2 aromatic carbocycles. The fourth-order valence-corrected chi connectivity index (χ4v) is 3.44.